The minimum atomic E-state index is -0.413. The molecule has 0 unspecified atom stereocenters. The average Bonchev–Trinajstić information content (AvgIpc) is 2.98. The smallest absolute Gasteiger partial charge is 0.296 e. The maximum absolute atomic E-state index is 12.7. The summed E-state index contributed by atoms with van der Waals surface area (Å²) in [6, 6.07) is 16.9. The van der Waals surface area contributed by atoms with Crippen molar-refractivity contribution >= 4 is 22.4 Å². The largest absolute Gasteiger partial charge is 0.496 e. The zero-order valence-electron chi connectivity index (χ0n) is 14.5. The van der Waals surface area contributed by atoms with Gasteiger partial charge in [-0.1, -0.05) is 59.9 Å². The number of ether oxygens (including phenoxy) is 1. The van der Waals surface area contributed by atoms with Crippen LogP contribution in [0.15, 0.2) is 64.2 Å². The van der Waals surface area contributed by atoms with E-state index in [1.54, 1.807) is 13.2 Å². The first kappa shape index (κ1) is 17.1. The number of hydrogen-bond acceptors (Lipinski definition) is 6. The van der Waals surface area contributed by atoms with Crippen LogP contribution in [0.4, 0.5) is 0 Å². The highest BCUT2D eigenvalue weighted by molar-refractivity contribution is 7.15. The maximum Gasteiger partial charge on any atom is 0.296 e. The van der Waals surface area contributed by atoms with Crippen LogP contribution in [0.3, 0.4) is 0 Å². The third kappa shape index (κ3) is 3.37. The molecule has 0 radical (unpaired) electrons. The third-order valence-electron chi connectivity index (χ3n) is 4.09. The van der Waals surface area contributed by atoms with Gasteiger partial charge in [0.05, 0.1) is 11.6 Å². The molecule has 4 aromatic rings. The van der Waals surface area contributed by atoms with Crippen LogP contribution in [0.25, 0.3) is 11.0 Å². The molecule has 0 atom stereocenters. The Kier molecular flexibility index (Phi) is 4.52. The van der Waals surface area contributed by atoms with Crippen LogP contribution in [-0.2, 0) is 6.42 Å². The van der Waals surface area contributed by atoms with Crippen molar-refractivity contribution in [3.63, 3.8) is 0 Å². The molecule has 0 spiro atoms. The first-order valence-corrected chi connectivity index (χ1v) is 9.09. The molecule has 6 nitrogen and oxygen atoms in total. The number of rotatable bonds is 4. The molecule has 0 amide bonds. The van der Waals surface area contributed by atoms with Crippen molar-refractivity contribution in [1.82, 2.24) is 14.6 Å². The quantitative estimate of drug-likeness (QED) is 0.541. The predicted molar refractivity (Wildman–Crippen MR) is 104 cm³/mol. The maximum atomic E-state index is 12.7. The van der Waals surface area contributed by atoms with Gasteiger partial charge in [-0.25, -0.2) is 0 Å². The van der Waals surface area contributed by atoms with E-state index in [0.717, 1.165) is 22.5 Å². The summed E-state index contributed by atoms with van der Waals surface area (Å²) in [6.07, 6.45) is 2.06. The van der Waals surface area contributed by atoms with E-state index in [2.05, 4.69) is 10.1 Å². The molecule has 0 aliphatic carbocycles. The summed E-state index contributed by atoms with van der Waals surface area (Å²) in [5, 5.41) is 4.26. The van der Waals surface area contributed by atoms with E-state index in [1.807, 2.05) is 54.6 Å². The summed E-state index contributed by atoms with van der Waals surface area (Å²) in [5.74, 6) is 0.662. The molecule has 0 fully saturated rings. The summed E-state index contributed by atoms with van der Waals surface area (Å²) < 4.78 is 6.96. The number of benzene rings is 2. The monoisotopic (exact) mass is 377 g/mol. The van der Waals surface area contributed by atoms with Gasteiger partial charge >= 0.3 is 0 Å². The molecule has 0 aliphatic rings. The number of nitrogens with zero attached hydrogens (tertiary/aromatic N) is 3. The van der Waals surface area contributed by atoms with Gasteiger partial charge in [-0.3, -0.25) is 9.59 Å². The van der Waals surface area contributed by atoms with Crippen LogP contribution < -0.4 is 20.4 Å². The Labute approximate surface area is 158 Å². The molecule has 27 heavy (non-hydrogen) atoms. The van der Waals surface area contributed by atoms with Crippen molar-refractivity contribution in [2.75, 3.05) is 7.11 Å². The second-order valence-corrected chi connectivity index (χ2v) is 6.89. The van der Waals surface area contributed by atoms with Gasteiger partial charge in [-0.2, -0.15) is 14.6 Å². The summed E-state index contributed by atoms with van der Waals surface area (Å²) >= 11 is 1.13. The first-order valence-electron chi connectivity index (χ1n) is 8.27. The molecule has 7 heteroatoms. The van der Waals surface area contributed by atoms with Crippen LogP contribution in [-0.4, -0.2) is 21.7 Å². The van der Waals surface area contributed by atoms with Crippen molar-refractivity contribution in [1.29, 1.82) is 0 Å². The van der Waals surface area contributed by atoms with E-state index in [0.29, 0.717) is 16.7 Å². The normalized spacial score (nSPS) is 11.8. The number of methoxy groups -OCH3 is 1. The molecule has 0 saturated heterocycles. The van der Waals surface area contributed by atoms with Crippen molar-refractivity contribution in [3.8, 4) is 5.75 Å². The lowest BCUT2D eigenvalue weighted by Crippen LogP contribution is -2.28. The highest BCUT2D eigenvalue weighted by atomic mass is 32.1. The fraction of sp³-hybridized carbons (Fsp3) is 0.100. The third-order valence-corrected chi connectivity index (χ3v) is 5.05. The van der Waals surface area contributed by atoms with Gasteiger partial charge in [0.2, 0.25) is 4.96 Å². The zero-order valence-corrected chi connectivity index (χ0v) is 15.3. The van der Waals surface area contributed by atoms with E-state index in [4.69, 9.17) is 4.74 Å². The number of aromatic nitrogens is 3. The number of thiazole rings is 1. The molecule has 134 valence electrons. The Hall–Kier alpha value is -3.32. The topological polar surface area (TPSA) is 73.6 Å². The van der Waals surface area contributed by atoms with Gasteiger partial charge in [0.15, 0.2) is 0 Å². The second kappa shape index (κ2) is 7.13. The van der Waals surface area contributed by atoms with Crippen LogP contribution >= 0.6 is 11.3 Å². The van der Waals surface area contributed by atoms with Gasteiger partial charge < -0.3 is 4.74 Å². The van der Waals surface area contributed by atoms with Crippen molar-refractivity contribution < 1.29 is 4.74 Å². The summed E-state index contributed by atoms with van der Waals surface area (Å²) in [5.41, 5.74) is 1.24. The number of hydrogen-bond donors (Lipinski definition) is 0. The van der Waals surface area contributed by atoms with Crippen molar-refractivity contribution in [3.05, 3.63) is 96.7 Å². The molecule has 2 aromatic carbocycles. The van der Waals surface area contributed by atoms with Crippen LogP contribution in [0.1, 0.15) is 16.8 Å². The zero-order chi connectivity index (χ0) is 18.8. The molecular weight excluding hydrogens is 362 g/mol. The summed E-state index contributed by atoms with van der Waals surface area (Å²) in [4.78, 5) is 29.4. The van der Waals surface area contributed by atoms with E-state index in [-0.39, 0.29) is 16.2 Å². The molecule has 2 heterocycles. The molecule has 4 rings (SSSR count). The van der Waals surface area contributed by atoms with Crippen LogP contribution in [0, 0.1) is 0 Å². The van der Waals surface area contributed by atoms with E-state index in [1.165, 1.54) is 4.52 Å². The molecule has 0 saturated carbocycles. The van der Waals surface area contributed by atoms with E-state index < -0.39 is 5.56 Å². The predicted octanol–water partition coefficient (Wildman–Crippen LogP) is 1.66. The van der Waals surface area contributed by atoms with E-state index in [9.17, 15) is 9.59 Å². The van der Waals surface area contributed by atoms with Gasteiger partial charge in [-0.15, -0.1) is 0 Å². The molecule has 0 aliphatic heterocycles. The van der Waals surface area contributed by atoms with E-state index >= 15 is 0 Å². The molecule has 0 N–H and O–H groups in total. The Morgan fingerprint density at radius 1 is 1.07 bits per heavy atom. The lowest BCUT2D eigenvalue weighted by molar-refractivity contribution is 0.414. The summed E-state index contributed by atoms with van der Waals surface area (Å²) in [6.45, 7) is 0. The lowest BCUT2D eigenvalue weighted by Gasteiger charge is -2.02. The average molecular weight is 377 g/mol. The Morgan fingerprint density at radius 2 is 1.81 bits per heavy atom. The van der Waals surface area contributed by atoms with Gasteiger partial charge in [0.25, 0.3) is 11.1 Å². The van der Waals surface area contributed by atoms with Crippen molar-refractivity contribution in [2.24, 2.45) is 0 Å². The summed E-state index contributed by atoms with van der Waals surface area (Å²) in [7, 11) is 1.58. The SMILES string of the molecule is COc1ccccc1C=c1sc2nc(=O)c(Cc3ccccc3)nn2c1=O. The van der Waals surface area contributed by atoms with Gasteiger partial charge in [0.1, 0.15) is 11.4 Å². The standard InChI is InChI=1S/C20H15N3O3S/c1-26-16-10-6-5-9-14(16)12-17-19(25)23-20(27-17)21-18(24)15(22-23)11-13-7-3-2-4-8-13/h2-10,12H,11H2,1H3. The van der Waals surface area contributed by atoms with Crippen LogP contribution in [0.5, 0.6) is 5.75 Å². The molecule has 2 aromatic heterocycles. The van der Waals surface area contributed by atoms with Crippen LogP contribution in [0.2, 0.25) is 0 Å². The minimum Gasteiger partial charge on any atom is -0.496 e. The fourth-order valence-electron chi connectivity index (χ4n) is 2.77. The second-order valence-electron chi connectivity index (χ2n) is 5.88. The number of fused-ring (bicyclic) bond motifs is 1. The fourth-order valence-corrected chi connectivity index (χ4v) is 3.66. The lowest BCUT2D eigenvalue weighted by atomic mass is 10.1. The highest BCUT2D eigenvalue weighted by Gasteiger charge is 2.12. The first-order chi connectivity index (χ1) is 13.2. The molecular formula is C20H15N3O3S. The van der Waals surface area contributed by atoms with Gasteiger partial charge in [-0.05, 0) is 17.7 Å². The van der Waals surface area contributed by atoms with Gasteiger partial charge in [0, 0.05) is 12.0 Å². The Bertz CT molecular complexity index is 1280. The Balaban J connectivity index is 1.84. The van der Waals surface area contributed by atoms with Crippen molar-refractivity contribution in [2.45, 2.75) is 6.42 Å². The highest BCUT2D eigenvalue weighted by Crippen LogP contribution is 2.17. The number of para-hydroxylation sites is 1. The Morgan fingerprint density at radius 3 is 2.59 bits per heavy atom. The molecule has 0 bridgehead atoms. The minimum absolute atomic E-state index is 0.248.